The molecule has 0 bridgehead atoms. The van der Waals surface area contributed by atoms with Crippen LogP contribution in [0.3, 0.4) is 0 Å². The molecule has 0 fully saturated rings. The van der Waals surface area contributed by atoms with Crippen molar-refractivity contribution in [2.75, 3.05) is 14.1 Å². The number of hydrogen-bond donors (Lipinski definition) is 0. The van der Waals surface area contributed by atoms with Crippen molar-refractivity contribution in [3.63, 3.8) is 0 Å². The molecule has 0 aliphatic rings. The molecule has 0 saturated carbocycles. The van der Waals surface area contributed by atoms with E-state index in [0.29, 0.717) is 12.0 Å². The van der Waals surface area contributed by atoms with E-state index in [-0.39, 0.29) is 0 Å². The molecule has 4 nitrogen and oxygen atoms in total. The highest BCUT2D eigenvalue weighted by molar-refractivity contribution is 4.99. The average Bonchev–Trinajstić information content (AvgIpc) is 2.46. The van der Waals surface area contributed by atoms with Crippen molar-refractivity contribution in [3.8, 4) is 0 Å². The van der Waals surface area contributed by atoms with E-state index in [4.69, 9.17) is 0 Å². The molecule has 1 heterocycles. The Kier molecular flexibility index (Phi) is 3.85. The van der Waals surface area contributed by atoms with Gasteiger partial charge in [-0.25, -0.2) is 9.67 Å². The van der Waals surface area contributed by atoms with Gasteiger partial charge in [-0.1, -0.05) is 13.8 Å². The minimum Gasteiger partial charge on any atom is -0.302 e. The maximum atomic E-state index is 4.58. The highest BCUT2D eigenvalue weighted by atomic mass is 15.4. The number of aromatic nitrogens is 3. The second-order valence-electron chi connectivity index (χ2n) is 4.82. The zero-order valence-corrected chi connectivity index (χ0v) is 10.7. The van der Waals surface area contributed by atoms with E-state index in [0.717, 1.165) is 18.2 Å². The fourth-order valence-corrected chi connectivity index (χ4v) is 1.50. The third kappa shape index (κ3) is 3.02. The van der Waals surface area contributed by atoms with E-state index in [9.17, 15) is 0 Å². The van der Waals surface area contributed by atoms with Gasteiger partial charge in [-0.05, 0) is 27.9 Å². The molecule has 86 valence electrons. The summed E-state index contributed by atoms with van der Waals surface area (Å²) in [6, 6.07) is 0.380. The van der Waals surface area contributed by atoms with Crippen LogP contribution < -0.4 is 0 Å². The van der Waals surface area contributed by atoms with Gasteiger partial charge in [0.25, 0.3) is 0 Å². The first-order chi connectivity index (χ1) is 6.91. The number of hydrogen-bond acceptors (Lipinski definition) is 3. The van der Waals surface area contributed by atoms with Crippen molar-refractivity contribution in [2.45, 2.75) is 46.2 Å². The van der Waals surface area contributed by atoms with Gasteiger partial charge in [0.1, 0.15) is 5.82 Å². The van der Waals surface area contributed by atoms with Gasteiger partial charge < -0.3 is 4.90 Å². The third-order valence-corrected chi connectivity index (χ3v) is 2.16. The topological polar surface area (TPSA) is 34.0 Å². The van der Waals surface area contributed by atoms with Gasteiger partial charge in [0, 0.05) is 12.0 Å². The van der Waals surface area contributed by atoms with Crippen molar-refractivity contribution in [1.82, 2.24) is 19.7 Å². The standard InChI is InChI=1S/C11H22N4/c1-8(2)11-12-10(7-14(5)6)13-15(11)9(3)4/h8-9H,7H2,1-6H3. The fraction of sp³-hybridized carbons (Fsp3) is 0.818. The number of rotatable bonds is 4. The maximum Gasteiger partial charge on any atom is 0.164 e. The average molecular weight is 210 g/mol. The fourth-order valence-electron chi connectivity index (χ4n) is 1.50. The zero-order chi connectivity index (χ0) is 11.6. The lowest BCUT2D eigenvalue weighted by atomic mass is 10.2. The Morgan fingerprint density at radius 2 is 1.80 bits per heavy atom. The molecule has 0 radical (unpaired) electrons. The molecule has 0 atom stereocenters. The lowest BCUT2D eigenvalue weighted by Gasteiger charge is -2.10. The zero-order valence-electron chi connectivity index (χ0n) is 10.7. The summed E-state index contributed by atoms with van der Waals surface area (Å²) < 4.78 is 2.03. The van der Waals surface area contributed by atoms with E-state index in [2.05, 4.69) is 42.7 Å². The van der Waals surface area contributed by atoms with E-state index in [1.807, 2.05) is 18.8 Å². The van der Waals surface area contributed by atoms with Crippen LogP contribution in [0.25, 0.3) is 0 Å². The van der Waals surface area contributed by atoms with Crippen LogP contribution in [-0.2, 0) is 6.54 Å². The Labute approximate surface area is 92.3 Å². The summed E-state index contributed by atoms with van der Waals surface area (Å²) in [5.74, 6) is 2.43. The summed E-state index contributed by atoms with van der Waals surface area (Å²) in [6.45, 7) is 9.39. The minimum atomic E-state index is 0.380. The van der Waals surface area contributed by atoms with Gasteiger partial charge in [-0.2, -0.15) is 5.10 Å². The quantitative estimate of drug-likeness (QED) is 0.762. The van der Waals surface area contributed by atoms with Crippen molar-refractivity contribution in [3.05, 3.63) is 11.6 Å². The summed E-state index contributed by atoms with van der Waals surface area (Å²) in [5.41, 5.74) is 0. The van der Waals surface area contributed by atoms with E-state index < -0.39 is 0 Å². The van der Waals surface area contributed by atoms with E-state index in [1.165, 1.54) is 0 Å². The molecular formula is C11H22N4. The van der Waals surface area contributed by atoms with Gasteiger partial charge in [-0.15, -0.1) is 0 Å². The van der Waals surface area contributed by atoms with Gasteiger partial charge in [0.05, 0.1) is 6.54 Å². The van der Waals surface area contributed by atoms with Crippen molar-refractivity contribution >= 4 is 0 Å². The highest BCUT2D eigenvalue weighted by Gasteiger charge is 2.15. The first-order valence-electron chi connectivity index (χ1n) is 5.51. The lowest BCUT2D eigenvalue weighted by Crippen LogP contribution is -2.12. The molecule has 0 spiro atoms. The molecular weight excluding hydrogens is 188 g/mol. The smallest absolute Gasteiger partial charge is 0.164 e. The van der Waals surface area contributed by atoms with Gasteiger partial charge in [0.2, 0.25) is 0 Å². The lowest BCUT2D eigenvalue weighted by molar-refractivity contribution is 0.386. The van der Waals surface area contributed by atoms with Gasteiger partial charge >= 0.3 is 0 Å². The highest BCUT2D eigenvalue weighted by Crippen LogP contribution is 2.16. The van der Waals surface area contributed by atoms with Crippen molar-refractivity contribution < 1.29 is 0 Å². The van der Waals surface area contributed by atoms with Crippen LogP contribution in [0.1, 0.15) is 51.3 Å². The monoisotopic (exact) mass is 210 g/mol. The second kappa shape index (κ2) is 4.75. The molecule has 1 aromatic rings. The van der Waals surface area contributed by atoms with Gasteiger partial charge in [0.15, 0.2) is 5.82 Å². The van der Waals surface area contributed by atoms with Crippen molar-refractivity contribution in [1.29, 1.82) is 0 Å². The molecule has 0 N–H and O–H groups in total. The third-order valence-electron chi connectivity index (χ3n) is 2.16. The van der Waals surface area contributed by atoms with E-state index in [1.54, 1.807) is 0 Å². The molecule has 0 saturated heterocycles. The molecule has 0 amide bonds. The minimum absolute atomic E-state index is 0.380. The molecule has 0 aromatic carbocycles. The second-order valence-corrected chi connectivity index (χ2v) is 4.82. The van der Waals surface area contributed by atoms with Crippen LogP contribution in [0.15, 0.2) is 0 Å². The molecule has 0 aliphatic carbocycles. The van der Waals surface area contributed by atoms with E-state index >= 15 is 0 Å². The Hall–Kier alpha value is -0.900. The van der Waals surface area contributed by atoms with Crippen LogP contribution in [0.2, 0.25) is 0 Å². The van der Waals surface area contributed by atoms with Crippen molar-refractivity contribution in [2.24, 2.45) is 0 Å². The molecule has 1 aromatic heterocycles. The summed E-state index contributed by atoms with van der Waals surface area (Å²) >= 11 is 0. The van der Waals surface area contributed by atoms with Gasteiger partial charge in [-0.3, -0.25) is 0 Å². The summed E-state index contributed by atoms with van der Waals surface area (Å²) in [6.07, 6.45) is 0. The Morgan fingerprint density at radius 1 is 1.20 bits per heavy atom. The predicted octanol–water partition coefficient (Wildman–Crippen LogP) is 2.04. The first kappa shape index (κ1) is 12.2. The molecule has 0 unspecified atom stereocenters. The van der Waals surface area contributed by atoms with Crippen LogP contribution >= 0.6 is 0 Å². The SMILES string of the molecule is CC(C)c1nc(CN(C)C)nn1C(C)C. The normalized spacial score (nSPS) is 12.1. The Bertz CT molecular complexity index is 287. The number of nitrogens with zero attached hydrogens (tertiary/aromatic N) is 4. The summed E-state index contributed by atoms with van der Waals surface area (Å²) in [4.78, 5) is 6.67. The summed E-state index contributed by atoms with van der Waals surface area (Å²) in [5, 5.41) is 4.54. The molecule has 0 aliphatic heterocycles. The molecule has 15 heavy (non-hydrogen) atoms. The van der Waals surface area contributed by atoms with Crippen LogP contribution in [-0.4, -0.2) is 33.8 Å². The van der Waals surface area contributed by atoms with Crippen LogP contribution in [0, 0.1) is 0 Å². The largest absolute Gasteiger partial charge is 0.302 e. The molecule has 4 heteroatoms. The summed E-state index contributed by atoms with van der Waals surface area (Å²) in [7, 11) is 4.07. The predicted molar refractivity (Wildman–Crippen MR) is 61.9 cm³/mol. The van der Waals surface area contributed by atoms with Crippen LogP contribution in [0.4, 0.5) is 0 Å². The van der Waals surface area contributed by atoms with Crippen LogP contribution in [0.5, 0.6) is 0 Å². The maximum absolute atomic E-state index is 4.58. The Balaban J connectivity index is 2.98. The first-order valence-corrected chi connectivity index (χ1v) is 5.51. The molecule has 1 rings (SSSR count). The Morgan fingerprint density at radius 3 is 2.13 bits per heavy atom.